The standard InChI is InChI=1S/C33H44N8/c1-8-20(3)24-13-14-27(35)26(18-34)31(24)23-11-12-25-28(17-23)36-30(9-2)37-33(25)40-15-10-16-41-29(19-40)21(4)32(38-41)22(5)39(6)7/h13-14,20,23H,5,8-12,15-17,19,35H2,1-4,6-7H3. The summed E-state index contributed by atoms with van der Waals surface area (Å²) in [5.41, 5.74) is 16.7. The van der Waals surface area contributed by atoms with Crippen molar-refractivity contribution >= 4 is 17.2 Å². The van der Waals surface area contributed by atoms with Crippen LogP contribution < -0.4 is 10.6 Å². The molecule has 0 amide bonds. The van der Waals surface area contributed by atoms with Crippen LogP contribution in [0.4, 0.5) is 11.5 Å². The number of benzene rings is 1. The minimum absolute atomic E-state index is 0.213. The Kier molecular flexibility index (Phi) is 8.08. The molecule has 0 fully saturated rings. The van der Waals surface area contributed by atoms with E-state index in [1.807, 2.05) is 25.1 Å². The third kappa shape index (κ3) is 5.18. The summed E-state index contributed by atoms with van der Waals surface area (Å²) in [5.74, 6) is 2.53. The SMILES string of the molecule is C=C(c1nn2c(c1C)CN(c1nc(CC)nc3c1CCC(c1c(C(C)CC)ccc(N)c1C#N)C3)CCC2)N(C)C. The van der Waals surface area contributed by atoms with E-state index < -0.39 is 0 Å². The van der Waals surface area contributed by atoms with Gasteiger partial charge in [0, 0.05) is 50.4 Å². The molecule has 2 atom stereocenters. The zero-order chi connectivity index (χ0) is 29.4. The van der Waals surface area contributed by atoms with E-state index in [0.717, 1.165) is 92.4 Å². The Morgan fingerprint density at radius 1 is 1.24 bits per heavy atom. The van der Waals surface area contributed by atoms with Crippen LogP contribution in [0.1, 0.15) is 103 Å². The molecule has 8 heteroatoms. The van der Waals surface area contributed by atoms with Crippen LogP contribution in [-0.2, 0) is 32.4 Å². The van der Waals surface area contributed by atoms with Gasteiger partial charge < -0.3 is 15.5 Å². The lowest BCUT2D eigenvalue weighted by atomic mass is 9.76. The number of aryl methyl sites for hydroxylation is 2. The molecule has 1 aromatic carbocycles. The molecule has 0 saturated carbocycles. The van der Waals surface area contributed by atoms with Crippen molar-refractivity contribution in [2.45, 2.75) is 91.1 Å². The lowest BCUT2D eigenvalue weighted by Gasteiger charge is -2.32. The number of rotatable bonds is 7. The van der Waals surface area contributed by atoms with Gasteiger partial charge in [0.2, 0.25) is 0 Å². The van der Waals surface area contributed by atoms with Crippen molar-refractivity contribution in [2.75, 3.05) is 31.3 Å². The second-order valence-electron chi connectivity index (χ2n) is 11.9. The summed E-state index contributed by atoms with van der Waals surface area (Å²) in [7, 11) is 4.03. The highest BCUT2D eigenvalue weighted by Gasteiger charge is 2.32. The number of fused-ring (bicyclic) bond motifs is 2. The molecule has 41 heavy (non-hydrogen) atoms. The van der Waals surface area contributed by atoms with Gasteiger partial charge >= 0.3 is 0 Å². The number of hydrogen-bond acceptors (Lipinski definition) is 7. The molecule has 3 aromatic rings. The number of aromatic nitrogens is 4. The summed E-state index contributed by atoms with van der Waals surface area (Å²) in [6.45, 7) is 15.6. The van der Waals surface area contributed by atoms with E-state index in [1.165, 1.54) is 22.4 Å². The Morgan fingerprint density at radius 3 is 2.71 bits per heavy atom. The summed E-state index contributed by atoms with van der Waals surface area (Å²) < 4.78 is 2.17. The first-order valence-electron chi connectivity index (χ1n) is 15.1. The van der Waals surface area contributed by atoms with Crippen LogP contribution in [0, 0.1) is 18.3 Å². The Morgan fingerprint density at radius 2 is 2.02 bits per heavy atom. The van der Waals surface area contributed by atoms with Gasteiger partial charge in [0.25, 0.3) is 0 Å². The quantitative estimate of drug-likeness (QED) is 0.374. The minimum atomic E-state index is 0.213. The molecule has 0 radical (unpaired) electrons. The average molecular weight is 553 g/mol. The lowest BCUT2D eigenvalue weighted by Crippen LogP contribution is -2.29. The fourth-order valence-corrected chi connectivity index (χ4v) is 6.49. The van der Waals surface area contributed by atoms with Gasteiger partial charge in [-0.3, -0.25) is 4.68 Å². The summed E-state index contributed by atoms with van der Waals surface area (Å²) >= 11 is 0. The van der Waals surface area contributed by atoms with Gasteiger partial charge in [-0.15, -0.1) is 0 Å². The van der Waals surface area contributed by atoms with Crippen LogP contribution in [0.3, 0.4) is 0 Å². The van der Waals surface area contributed by atoms with Crippen LogP contribution in [0.5, 0.6) is 0 Å². The highest BCUT2D eigenvalue weighted by atomic mass is 15.3. The molecule has 8 nitrogen and oxygen atoms in total. The van der Waals surface area contributed by atoms with E-state index >= 15 is 0 Å². The topological polar surface area (TPSA) is 99.9 Å². The maximum Gasteiger partial charge on any atom is 0.136 e. The zero-order valence-corrected chi connectivity index (χ0v) is 25.6. The van der Waals surface area contributed by atoms with Crippen LogP contribution in [-0.4, -0.2) is 45.3 Å². The number of nitrogens with zero attached hydrogens (tertiary/aromatic N) is 7. The fourth-order valence-electron chi connectivity index (χ4n) is 6.49. The summed E-state index contributed by atoms with van der Waals surface area (Å²) in [4.78, 5) is 14.7. The van der Waals surface area contributed by atoms with Gasteiger partial charge in [0.05, 0.1) is 29.2 Å². The molecule has 5 rings (SSSR count). The van der Waals surface area contributed by atoms with E-state index in [9.17, 15) is 5.26 Å². The van der Waals surface area contributed by atoms with E-state index in [2.05, 4.69) is 56.0 Å². The van der Waals surface area contributed by atoms with Crippen LogP contribution in [0.25, 0.3) is 5.70 Å². The van der Waals surface area contributed by atoms with Gasteiger partial charge in [-0.2, -0.15) is 10.4 Å². The zero-order valence-electron chi connectivity index (χ0n) is 25.6. The highest BCUT2D eigenvalue weighted by Crippen LogP contribution is 2.42. The van der Waals surface area contributed by atoms with Crippen molar-refractivity contribution in [3.63, 3.8) is 0 Å². The molecule has 0 bridgehead atoms. The molecule has 2 aromatic heterocycles. The van der Waals surface area contributed by atoms with Crippen molar-refractivity contribution in [1.82, 2.24) is 24.6 Å². The van der Waals surface area contributed by atoms with Crippen molar-refractivity contribution in [2.24, 2.45) is 0 Å². The Labute approximate surface area is 244 Å². The molecule has 0 spiro atoms. The Balaban J connectivity index is 1.54. The number of nitrogens with two attached hydrogens (primary N) is 1. The van der Waals surface area contributed by atoms with Gasteiger partial charge in [-0.1, -0.05) is 33.4 Å². The fraction of sp³-hybridized carbons (Fsp3) is 0.515. The molecule has 2 N–H and O–H groups in total. The van der Waals surface area contributed by atoms with Crippen LogP contribution in [0.2, 0.25) is 0 Å². The molecule has 216 valence electrons. The monoisotopic (exact) mass is 552 g/mol. The molecule has 1 aliphatic heterocycles. The smallest absolute Gasteiger partial charge is 0.136 e. The number of hydrogen-bond donors (Lipinski definition) is 1. The lowest BCUT2D eigenvalue weighted by molar-refractivity contribution is 0.552. The molecule has 3 heterocycles. The Bertz CT molecular complexity index is 1510. The molecule has 2 aliphatic rings. The van der Waals surface area contributed by atoms with Gasteiger partial charge in [0.1, 0.15) is 23.4 Å². The number of nitrogen functional groups attached to an aromatic ring is 1. The van der Waals surface area contributed by atoms with E-state index in [4.69, 9.17) is 20.8 Å². The largest absolute Gasteiger partial charge is 0.398 e. The molecular weight excluding hydrogens is 508 g/mol. The summed E-state index contributed by atoms with van der Waals surface area (Å²) in [5, 5.41) is 15.1. The van der Waals surface area contributed by atoms with Crippen molar-refractivity contribution in [3.8, 4) is 6.07 Å². The van der Waals surface area contributed by atoms with Crippen molar-refractivity contribution < 1.29 is 0 Å². The molecular formula is C33H44N8. The predicted molar refractivity (Wildman–Crippen MR) is 166 cm³/mol. The maximum absolute atomic E-state index is 10.1. The second-order valence-corrected chi connectivity index (χ2v) is 11.9. The second kappa shape index (κ2) is 11.6. The maximum atomic E-state index is 10.1. The van der Waals surface area contributed by atoms with Gasteiger partial charge in [0.15, 0.2) is 0 Å². The molecule has 0 saturated heterocycles. The van der Waals surface area contributed by atoms with E-state index in [0.29, 0.717) is 17.2 Å². The van der Waals surface area contributed by atoms with Crippen LogP contribution in [0.15, 0.2) is 18.7 Å². The average Bonchev–Trinajstić information content (AvgIpc) is 3.14. The molecule has 1 aliphatic carbocycles. The number of anilines is 2. The minimum Gasteiger partial charge on any atom is -0.398 e. The third-order valence-electron chi connectivity index (χ3n) is 9.16. The highest BCUT2D eigenvalue weighted by molar-refractivity contribution is 5.64. The van der Waals surface area contributed by atoms with Crippen LogP contribution >= 0.6 is 0 Å². The van der Waals surface area contributed by atoms with Gasteiger partial charge in [-0.05, 0) is 68.1 Å². The van der Waals surface area contributed by atoms with Gasteiger partial charge in [-0.25, -0.2) is 9.97 Å². The van der Waals surface area contributed by atoms with E-state index in [1.54, 1.807) is 0 Å². The summed E-state index contributed by atoms with van der Waals surface area (Å²) in [6, 6.07) is 6.49. The first-order chi connectivity index (χ1) is 19.7. The Hall–Kier alpha value is -3.86. The van der Waals surface area contributed by atoms with E-state index in [-0.39, 0.29) is 5.92 Å². The first kappa shape index (κ1) is 28.7. The normalized spacial score (nSPS) is 17.3. The first-order valence-corrected chi connectivity index (χ1v) is 15.1. The third-order valence-corrected chi connectivity index (χ3v) is 9.16. The predicted octanol–water partition coefficient (Wildman–Crippen LogP) is 5.73. The van der Waals surface area contributed by atoms with Crippen molar-refractivity contribution in [3.05, 3.63) is 69.4 Å². The van der Waals surface area contributed by atoms with Crippen molar-refractivity contribution in [1.29, 1.82) is 5.26 Å². The molecule has 2 unspecified atom stereocenters. The number of nitriles is 1. The summed E-state index contributed by atoms with van der Waals surface area (Å²) in [6.07, 6.45) is 5.44.